The highest BCUT2D eigenvalue weighted by Crippen LogP contribution is 2.34. The Bertz CT molecular complexity index is 1050. The van der Waals surface area contributed by atoms with Gasteiger partial charge in [-0.05, 0) is 24.3 Å². The summed E-state index contributed by atoms with van der Waals surface area (Å²) in [7, 11) is 3.43. The molecule has 0 radical (unpaired) electrons. The van der Waals surface area contributed by atoms with Crippen molar-refractivity contribution in [1.29, 1.82) is 0 Å². The number of nitrogens with zero attached hydrogens (tertiary/aromatic N) is 5. The number of nitrogen functional groups attached to an aromatic ring is 1. The number of hydrogen-bond acceptors (Lipinski definition) is 6. The minimum Gasteiger partial charge on any atom is -0.493 e. The van der Waals surface area contributed by atoms with Crippen LogP contribution in [0.1, 0.15) is 0 Å². The topological polar surface area (TPSA) is 108 Å². The van der Waals surface area contributed by atoms with Gasteiger partial charge < -0.3 is 15.5 Å². The molecule has 8 heteroatoms. The lowest BCUT2D eigenvalue weighted by atomic mass is 10.1. The number of aryl methyl sites for hydroxylation is 1. The first-order valence-corrected chi connectivity index (χ1v) is 7.96. The molecule has 4 heterocycles. The van der Waals surface area contributed by atoms with Crippen molar-refractivity contribution < 1.29 is 4.74 Å². The average Bonchev–Trinajstić information content (AvgIpc) is 3.29. The van der Waals surface area contributed by atoms with Crippen LogP contribution in [0, 0.1) is 0 Å². The minimum atomic E-state index is 0.335. The molecular formula is C18H17N7O. The maximum absolute atomic E-state index is 5.84. The molecule has 4 rings (SSSR count). The zero-order valence-electron chi connectivity index (χ0n) is 14.3. The molecule has 0 amide bonds. The largest absolute Gasteiger partial charge is 0.493 e. The third-order valence-electron chi connectivity index (χ3n) is 4.00. The van der Waals surface area contributed by atoms with Crippen LogP contribution in [0.4, 0.5) is 5.82 Å². The molecule has 0 saturated carbocycles. The number of nitrogens with two attached hydrogens (primary N) is 1. The van der Waals surface area contributed by atoms with Gasteiger partial charge in [0.1, 0.15) is 5.69 Å². The van der Waals surface area contributed by atoms with E-state index in [2.05, 4.69) is 20.1 Å². The summed E-state index contributed by atoms with van der Waals surface area (Å²) in [6.45, 7) is 0. The van der Waals surface area contributed by atoms with E-state index in [-0.39, 0.29) is 0 Å². The van der Waals surface area contributed by atoms with Crippen molar-refractivity contribution in [3.63, 3.8) is 0 Å². The van der Waals surface area contributed by atoms with Gasteiger partial charge in [0.15, 0.2) is 17.4 Å². The first-order chi connectivity index (χ1) is 12.7. The van der Waals surface area contributed by atoms with Gasteiger partial charge in [-0.1, -0.05) is 0 Å². The molecule has 0 aliphatic rings. The molecule has 0 aliphatic carbocycles. The Hall–Kier alpha value is -3.68. The molecule has 0 saturated heterocycles. The van der Waals surface area contributed by atoms with Crippen LogP contribution in [-0.4, -0.2) is 36.8 Å². The van der Waals surface area contributed by atoms with Crippen LogP contribution in [0.15, 0.2) is 49.1 Å². The van der Waals surface area contributed by atoms with E-state index >= 15 is 0 Å². The second kappa shape index (κ2) is 6.32. The molecule has 26 heavy (non-hydrogen) atoms. The molecule has 0 unspecified atom stereocenters. The maximum Gasteiger partial charge on any atom is 0.166 e. The number of aromatic amines is 1. The smallest absolute Gasteiger partial charge is 0.166 e. The van der Waals surface area contributed by atoms with Crippen molar-refractivity contribution in [2.75, 3.05) is 12.8 Å². The van der Waals surface area contributed by atoms with Gasteiger partial charge in [-0.15, -0.1) is 0 Å². The summed E-state index contributed by atoms with van der Waals surface area (Å²) in [4.78, 5) is 16.4. The van der Waals surface area contributed by atoms with Crippen molar-refractivity contribution >= 4 is 5.82 Å². The number of aromatic nitrogens is 6. The lowest BCUT2D eigenvalue weighted by molar-refractivity contribution is 0.415. The molecule has 0 spiro atoms. The van der Waals surface area contributed by atoms with E-state index in [0.717, 1.165) is 28.2 Å². The average molecular weight is 347 g/mol. The fraction of sp³-hybridized carbons (Fsp3) is 0.111. The fourth-order valence-corrected chi connectivity index (χ4v) is 2.72. The zero-order chi connectivity index (χ0) is 18.1. The summed E-state index contributed by atoms with van der Waals surface area (Å²) in [6.07, 6.45) is 7.03. The maximum atomic E-state index is 5.84. The van der Waals surface area contributed by atoms with Crippen molar-refractivity contribution in [1.82, 2.24) is 29.7 Å². The highest BCUT2D eigenvalue weighted by molar-refractivity contribution is 5.81. The standard InChI is InChI=1S/C18H17N7O/c1-25-8-5-13(24-25)18-22-15(11-3-6-20-7-4-11)16(23-18)12-9-14(26-2)17(19)21-10-12/h3-10H,1-2H3,(H2,19,21)(H,22,23). The number of anilines is 1. The van der Waals surface area contributed by atoms with Crippen LogP contribution < -0.4 is 10.5 Å². The molecule has 4 aromatic heterocycles. The van der Waals surface area contributed by atoms with Crippen LogP contribution in [0.3, 0.4) is 0 Å². The minimum absolute atomic E-state index is 0.335. The van der Waals surface area contributed by atoms with Gasteiger partial charge in [0.25, 0.3) is 0 Å². The van der Waals surface area contributed by atoms with Gasteiger partial charge in [0, 0.05) is 43.0 Å². The Morgan fingerprint density at radius 3 is 2.65 bits per heavy atom. The van der Waals surface area contributed by atoms with Crippen molar-refractivity contribution in [2.24, 2.45) is 7.05 Å². The third kappa shape index (κ3) is 2.77. The SMILES string of the molecule is COc1cc(-c2nc(-c3ccn(C)n3)[nH]c2-c2ccncc2)cnc1N. The number of hydrogen-bond donors (Lipinski definition) is 2. The summed E-state index contributed by atoms with van der Waals surface area (Å²) < 4.78 is 7.03. The summed E-state index contributed by atoms with van der Waals surface area (Å²) in [5.41, 5.74) is 9.93. The normalized spacial score (nSPS) is 10.8. The molecule has 0 atom stereocenters. The number of nitrogens with one attached hydrogen (secondary N) is 1. The third-order valence-corrected chi connectivity index (χ3v) is 4.00. The van der Waals surface area contributed by atoms with Crippen LogP contribution in [-0.2, 0) is 7.05 Å². The van der Waals surface area contributed by atoms with E-state index in [1.165, 1.54) is 0 Å². The van der Waals surface area contributed by atoms with Gasteiger partial charge in [-0.2, -0.15) is 5.10 Å². The van der Waals surface area contributed by atoms with Crippen LogP contribution in [0.5, 0.6) is 5.75 Å². The summed E-state index contributed by atoms with van der Waals surface area (Å²) in [5.74, 6) is 1.51. The first kappa shape index (κ1) is 15.8. The van der Waals surface area contributed by atoms with E-state index in [9.17, 15) is 0 Å². The van der Waals surface area contributed by atoms with E-state index in [1.54, 1.807) is 30.4 Å². The molecule has 0 fully saturated rings. The Kier molecular flexibility index (Phi) is 3.85. The Morgan fingerprint density at radius 1 is 1.15 bits per heavy atom. The van der Waals surface area contributed by atoms with Crippen LogP contribution in [0.2, 0.25) is 0 Å². The monoisotopic (exact) mass is 347 g/mol. The van der Waals surface area contributed by atoms with Gasteiger partial charge >= 0.3 is 0 Å². The number of methoxy groups -OCH3 is 1. The summed E-state index contributed by atoms with van der Waals surface area (Å²) in [5, 5.41) is 4.42. The Morgan fingerprint density at radius 2 is 1.96 bits per heavy atom. The van der Waals surface area contributed by atoms with Crippen molar-refractivity contribution in [3.8, 4) is 39.8 Å². The van der Waals surface area contributed by atoms with Crippen LogP contribution in [0.25, 0.3) is 34.0 Å². The van der Waals surface area contributed by atoms with E-state index in [4.69, 9.17) is 15.5 Å². The predicted octanol–water partition coefficient (Wildman–Crippen LogP) is 2.52. The first-order valence-electron chi connectivity index (χ1n) is 7.96. The molecule has 0 aliphatic heterocycles. The zero-order valence-corrected chi connectivity index (χ0v) is 14.3. The number of imidazole rings is 1. The van der Waals surface area contributed by atoms with E-state index < -0.39 is 0 Å². The summed E-state index contributed by atoms with van der Waals surface area (Å²) in [6, 6.07) is 7.56. The van der Waals surface area contributed by atoms with Crippen molar-refractivity contribution in [2.45, 2.75) is 0 Å². The second-order valence-corrected chi connectivity index (χ2v) is 5.73. The molecule has 0 bridgehead atoms. The van der Waals surface area contributed by atoms with Crippen LogP contribution >= 0.6 is 0 Å². The highest BCUT2D eigenvalue weighted by Gasteiger charge is 2.18. The van der Waals surface area contributed by atoms with Crippen molar-refractivity contribution in [3.05, 3.63) is 49.1 Å². The predicted molar refractivity (Wildman–Crippen MR) is 98.2 cm³/mol. The second-order valence-electron chi connectivity index (χ2n) is 5.73. The lowest BCUT2D eigenvalue weighted by Gasteiger charge is -2.07. The lowest BCUT2D eigenvalue weighted by Crippen LogP contribution is -1.96. The van der Waals surface area contributed by atoms with E-state index in [0.29, 0.717) is 17.4 Å². The fourth-order valence-electron chi connectivity index (χ4n) is 2.72. The van der Waals surface area contributed by atoms with Gasteiger partial charge in [-0.25, -0.2) is 9.97 Å². The van der Waals surface area contributed by atoms with Gasteiger partial charge in [0.2, 0.25) is 0 Å². The number of ether oxygens (including phenoxy) is 1. The van der Waals surface area contributed by atoms with Gasteiger partial charge in [-0.3, -0.25) is 9.67 Å². The Balaban J connectivity index is 1.91. The highest BCUT2D eigenvalue weighted by atomic mass is 16.5. The number of pyridine rings is 2. The quantitative estimate of drug-likeness (QED) is 0.587. The molecule has 130 valence electrons. The molecule has 8 nitrogen and oxygen atoms in total. The molecule has 4 aromatic rings. The molecule has 3 N–H and O–H groups in total. The van der Waals surface area contributed by atoms with Gasteiger partial charge in [0.05, 0.1) is 18.5 Å². The molecular weight excluding hydrogens is 330 g/mol. The Labute approximate surface area is 149 Å². The molecule has 0 aromatic carbocycles. The van der Waals surface area contributed by atoms with E-state index in [1.807, 2.05) is 37.5 Å². The summed E-state index contributed by atoms with van der Waals surface area (Å²) >= 11 is 0. The number of rotatable bonds is 4. The number of H-pyrrole nitrogens is 1.